The van der Waals surface area contributed by atoms with E-state index in [4.69, 9.17) is 31.8 Å². The highest BCUT2D eigenvalue weighted by atomic mass is 16.5. The summed E-state index contributed by atoms with van der Waals surface area (Å²) in [5, 5.41) is 0. The smallest absolute Gasteiger partial charge is 0.305 e. The second-order valence-corrected chi connectivity index (χ2v) is 8.38. The Kier molecular flexibility index (Phi) is 26.7. The Balaban J connectivity index is 3.40. The van der Waals surface area contributed by atoms with E-state index in [9.17, 15) is 9.59 Å². The Morgan fingerprint density at radius 1 is 0.528 bits per heavy atom. The molecule has 0 saturated carbocycles. The van der Waals surface area contributed by atoms with Crippen molar-refractivity contribution < 1.29 is 28.5 Å². The van der Waals surface area contributed by atoms with Crippen molar-refractivity contribution in [3.05, 3.63) is 24.3 Å². The van der Waals surface area contributed by atoms with Gasteiger partial charge in [0.1, 0.15) is 13.2 Å². The van der Waals surface area contributed by atoms with Crippen LogP contribution in [-0.2, 0) is 28.5 Å². The van der Waals surface area contributed by atoms with E-state index in [1.807, 2.05) is 0 Å². The van der Waals surface area contributed by atoms with Crippen LogP contribution in [0.25, 0.3) is 0 Å². The lowest BCUT2D eigenvalue weighted by atomic mass is 10.2. The standard InChI is InChI=1S/C30H46O6/c1-3-23-33-25-17-13-19-27-35-29(31)21-15-11-9-7-5-6-8-10-12-16-22-30(32)36-28-20-14-18-26-34-24-4-2/h1-2,7-10H,5-6,11-28H2/b9-7-,10-8-. The number of unbranched alkanes of at least 4 members (excludes halogenated alkanes) is 7. The Morgan fingerprint density at radius 3 is 1.33 bits per heavy atom. The zero-order valence-corrected chi connectivity index (χ0v) is 22.1. The summed E-state index contributed by atoms with van der Waals surface area (Å²) >= 11 is 0. The van der Waals surface area contributed by atoms with Crippen molar-refractivity contribution >= 4 is 11.9 Å². The number of esters is 2. The van der Waals surface area contributed by atoms with Crippen molar-refractivity contribution in [1.29, 1.82) is 0 Å². The molecule has 0 fully saturated rings. The van der Waals surface area contributed by atoms with Crippen LogP contribution >= 0.6 is 0 Å². The monoisotopic (exact) mass is 502 g/mol. The fourth-order valence-corrected chi connectivity index (χ4v) is 3.14. The second kappa shape index (κ2) is 28.7. The molecule has 0 saturated heterocycles. The van der Waals surface area contributed by atoms with Crippen LogP contribution in [0.4, 0.5) is 0 Å². The molecule has 0 aliphatic heterocycles. The van der Waals surface area contributed by atoms with Gasteiger partial charge in [-0.3, -0.25) is 9.59 Å². The topological polar surface area (TPSA) is 71.1 Å². The molecule has 0 aromatic rings. The van der Waals surface area contributed by atoms with E-state index in [0.29, 0.717) is 52.5 Å². The van der Waals surface area contributed by atoms with E-state index in [2.05, 4.69) is 36.1 Å². The molecule has 0 aromatic heterocycles. The first kappa shape index (κ1) is 33.5. The van der Waals surface area contributed by atoms with Gasteiger partial charge in [0.05, 0.1) is 13.2 Å². The van der Waals surface area contributed by atoms with Crippen molar-refractivity contribution in [2.24, 2.45) is 0 Å². The highest BCUT2D eigenvalue weighted by molar-refractivity contribution is 5.69. The lowest BCUT2D eigenvalue weighted by Gasteiger charge is -2.04. The number of terminal acetylenes is 2. The van der Waals surface area contributed by atoms with E-state index >= 15 is 0 Å². The average Bonchev–Trinajstić information content (AvgIpc) is 2.87. The minimum absolute atomic E-state index is 0.124. The average molecular weight is 503 g/mol. The minimum Gasteiger partial charge on any atom is -0.466 e. The van der Waals surface area contributed by atoms with Gasteiger partial charge in [0.2, 0.25) is 0 Å². The van der Waals surface area contributed by atoms with Gasteiger partial charge in [-0.05, 0) is 77.0 Å². The van der Waals surface area contributed by atoms with Gasteiger partial charge in [-0.1, -0.05) is 36.1 Å². The van der Waals surface area contributed by atoms with Crippen molar-refractivity contribution in [2.75, 3.05) is 39.6 Å². The third kappa shape index (κ3) is 27.7. The number of allylic oxidation sites excluding steroid dienone is 4. The fraction of sp³-hybridized carbons (Fsp3) is 0.667. The third-order valence-electron chi connectivity index (χ3n) is 5.10. The Morgan fingerprint density at radius 2 is 0.917 bits per heavy atom. The molecule has 202 valence electrons. The first-order chi connectivity index (χ1) is 17.7. The molecule has 0 amide bonds. The number of hydrogen-bond donors (Lipinski definition) is 0. The van der Waals surface area contributed by atoms with E-state index < -0.39 is 0 Å². The minimum atomic E-state index is -0.124. The van der Waals surface area contributed by atoms with Gasteiger partial charge in [-0.2, -0.15) is 0 Å². The fourth-order valence-electron chi connectivity index (χ4n) is 3.14. The van der Waals surface area contributed by atoms with Crippen LogP contribution in [-0.4, -0.2) is 51.6 Å². The molecule has 0 N–H and O–H groups in total. The quantitative estimate of drug-likeness (QED) is 0.0665. The van der Waals surface area contributed by atoms with Crippen LogP contribution in [0.5, 0.6) is 0 Å². The van der Waals surface area contributed by atoms with E-state index in [0.717, 1.165) is 77.0 Å². The maximum atomic E-state index is 11.7. The zero-order valence-electron chi connectivity index (χ0n) is 22.1. The maximum Gasteiger partial charge on any atom is 0.305 e. The summed E-state index contributed by atoms with van der Waals surface area (Å²) < 4.78 is 20.9. The SMILES string of the molecule is C#CCOCCCCCOC(=O)CCC/C=C\CC/C=C\CCCC(=O)OCCCCCOCC#C. The predicted molar refractivity (Wildman–Crippen MR) is 144 cm³/mol. The van der Waals surface area contributed by atoms with E-state index in [-0.39, 0.29) is 11.9 Å². The van der Waals surface area contributed by atoms with Gasteiger partial charge in [0, 0.05) is 26.1 Å². The molecule has 0 rings (SSSR count). The van der Waals surface area contributed by atoms with Crippen LogP contribution in [0.3, 0.4) is 0 Å². The molecule has 0 radical (unpaired) electrons. The zero-order chi connectivity index (χ0) is 26.4. The first-order valence-electron chi connectivity index (χ1n) is 13.3. The van der Waals surface area contributed by atoms with Crippen molar-refractivity contribution in [3.63, 3.8) is 0 Å². The highest BCUT2D eigenvalue weighted by Crippen LogP contribution is 2.05. The molecule has 0 aliphatic rings. The molecule has 36 heavy (non-hydrogen) atoms. The first-order valence-corrected chi connectivity index (χ1v) is 13.3. The van der Waals surface area contributed by atoms with Crippen molar-refractivity contribution in [1.82, 2.24) is 0 Å². The number of ether oxygens (including phenoxy) is 4. The summed E-state index contributed by atoms with van der Waals surface area (Å²) in [7, 11) is 0. The van der Waals surface area contributed by atoms with Crippen LogP contribution in [0.2, 0.25) is 0 Å². The lowest BCUT2D eigenvalue weighted by Crippen LogP contribution is -2.05. The summed E-state index contributed by atoms with van der Waals surface area (Å²) in [4.78, 5) is 23.4. The Labute approximate surface area is 219 Å². The Bertz CT molecular complexity index is 610. The largest absolute Gasteiger partial charge is 0.466 e. The summed E-state index contributed by atoms with van der Waals surface area (Å²) in [5.74, 6) is 4.61. The highest BCUT2D eigenvalue weighted by Gasteiger charge is 2.02. The molecule has 0 spiro atoms. The summed E-state index contributed by atoms with van der Waals surface area (Å²) in [6, 6.07) is 0. The molecule has 0 aromatic carbocycles. The molecule has 0 aliphatic carbocycles. The van der Waals surface area contributed by atoms with Crippen LogP contribution < -0.4 is 0 Å². The number of hydrogen-bond acceptors (Lipinski definition) is 6. The van der Waals surface area contributed by atoms with Gasteiger partial charge in [-0.15, -0.1) is 12.8 Å². The third-order valence-corrected chi connectivity index (χ3v) is 5.10. The van der Waals surface area contributed by atoms with Gasteiger partial charge in [-0.25, -0.2) is 0 Å². The van der Waals surface area contributed by atoms with Gasteiger partial charge in [0.15, 0.2) is 0 Å². The van der Waals surface area contributed by atoms with E-state index in [1.54, 1.807) is 0 Å². The van der Waals surface area contributed by atoms with Crippen molar-refractivity contribution in [2.45, 2.75) is 89.9 Å². The van der Waals surface area contributed by atoms with Crippen molar-refractivity contribution in [3.8, 4) is 24.7 Å². The normalized spacial score (nSPS) is 10.9. The second-order valence-electron chi connectivity index (χ2n) is 8.38. The summed E-state index contributed by atoms with van der Waals surface area (Å²) in [6.07, 6.45) is 30.5. The van der Waals surface area contributed by atoms with Gasteiger partial charge >= 0.3 is 11.9 Å². The molecular weight excluding hydrogens is 456 g/mol. The van der Waals surface area contributed by atoms with Crippen LogP contribution in [0.1, 0.15) is 89.9 Å². The molecule has 6 nitrogen and oxygen atoms in total. The molecular formula is C30H46O6. The number of rotatable bonds is 25. The molecule has 0 unspecified atom stereocenters. The molecule has 0 heterocycles. The summed E-state index contributed by atoms with van der Waals surface area (Å²) in [5.41, 5.74) is 0. The molecule has 0 bridgehead atoms. The Hall–Kier alpha value is -2.54. The molecule has 0 atom stereocenters. The van der Waals surface area contributed by atoms with Gasteiger partial charge in [0.25, 0.3) is 0 Å². The predicted octanol–water partition coefficient (Wildman–Crippen LogP) is 5.95. The molecule has 6 heteroatoms. The van der Waals surface area contributed by atoms with Gasteiger partial charge < -0.3 is 18.9 Å². The maximum absolute atomic E-state index is 11.7. The number of carbonyl (C=O) groups excluding carboxylic acids is 2. The van der Waals surface area contributed by atoms with E-state index in [1.165, 1.54) is 0 Å². The van der Waals surface area contributed by atoms with Crippen LogP contribution in [0, 0.1) is 24.7 Å². The van der Waals surface area contributed by atoms with Crippen LogP contribution in [0.15, 0.2) is 24.3 Å². The lowest BCUT2D eigenvalue weighted by molar-refractivity contribution is -0.144. The summed E-state index contributed by atoms with van der Waals surface area (Å²) in [6.45, 7) is 2.97. The number of carbonyl (C=O) groups is 2.